The van der Waals surface area contributed by atoms with E-state index in [2.05, 4.69) is 15.5 Å². The van der Waals surface area contributed by atoms with Gasteiger partial charge in [-0.05, 0) is 32.0 Å². The number of nitrogens with one attached hydrogen (secondary N) is 1. The number of hydrogen-bond donors (Lipinski definition) is 1. The highest BCUT2D eigenvalue weighted by Crippen LogP contribution is 2.17. The summed E-state index contributed by atoms with van der Waals surface area (Å²) in [6.45, 7) is 3.77. The predicted molar refractivity (Wildman–Crippen MR) is 94.0 cm³/mol. The van der Waals surface area contributed by atoms with Crippen LogP contribution in [-0.2, 0) is 7.05 Å². The molecular formula is C17H18N6O3. The lowest BCUT2D eigenvalue weighted by molar-refractivity contribution is -0.384. The average Bonchev–Trinajstić information content (AvgIpc) is 3.21. The zero-order valence-electron chi connectivity index (χ0n) is 14.6. The van der Waals surface area contributed by atoms with E-state index in [0.29, 0.717) is 5.69 Å². The molecule has 0 unspecified atom stereocenters. The van der Waals surface area contributed by atoms with E-state index in [-0.39, 0.29) is 23.3 Å². The van der Waals surface area contributed by atoms with E-state index in [1.165, 1.54) is 16.8 Å². The Morgan fingerprint density at radius 2 is 1.92 bits per heavy atom. The van der Waals surface area contributed by atoms with Crippen LogP contribution < -0.4 is 5.32 Å². The van der Waals surface area contributed by atoms with Crippen molar-refractivity contribution < 1.29 is 9.72 Å². The van der Waals surface area contributed by atoms with Crippen molar-refractivity contribution in [2.24, 2.45) is 7.05 Å². The van der Waals surface area contributed by atoms with Gasteiger partial charge in [-0.3, -0.25) is 19.6 Å². The summed E-state index contributed by atoms with van der Waals surface area (Å²) in [7, 11) is 1.83. The van der Waals surface area contributed by atoms with Crippen molar-refractivity contribution in [1.29, 1.82) is 0 Å². The molecule has 0 aliphatic carbocycles. The Labute approximate surface area is 149 Å². The van der Waals surface area contributed by atoms with Crippen LogP contribution in [0.25, 0.3) is 5.69 Å². The first-order valence-electron chi connectivity index (χ1n) is 7.96. The Morgan fingerprint density at radius 3 is 2.50 bits per heavy atom. The van der Waals surface area contributed by atoms with Gasteiger partial charge in [-0.15, -0.1) is 0 Å². The normalized spacial score (nSPS) is 12.0. The highest BCUT2D eigenvalue weighted by molar-refractivity contribution is 5.92. The van der Waals surface area contributed by atoms with Gasteiger partial charge in [-0.25, -0.2) is 4.68 Å². The minimum Gasteiger partial charge on any atom is -0.344 e. The van der Waals surface area contributed by atoms with Gasteiger partial charge in [0.2, 0.25) is 0 Å². The number of non-ortho nitro benzene ring substituents is 1. The maximum Gasteiger partial charge on any atom is 0.272 e. The second kappa shape index (κ2) is 6.79. The fourth-order valence-corrected chi connectivity index (χ4v) is 2.71. The van der Waals surface area contributed by atoms with Crippen LogP contribution in [0.1, 0.15) is 34.7 Å². The molecule has 9 heteroatoms. The molecular weight excluding hydrogens is 336 g/mol. The Kier molecular flexibility index (Phi) is 4.53. The molecule has 1 atom stereocenters. The summed E-state index contributed by atoms with van der Waals surface area (Å²) in [5.41, 5.74) is 2.69. The maximum atomic E-state index is 12.4. The number of benzene rings is 1. The number of aromatic nitrogens is 4. The Hall–Kier alpha value is -3.49. The van der Waals surface area contributed by atoms with Gasteiger partial charge in [0.1, 0.15) is 0 Å². The third-order valence-corrected chi connectivity index (χ3v) is 4.01. The minimum atomic E-state index is -0.465. The summed E-state index contributed by atoms with van der Waals surface area (Å²) >= 11 is 0. The van der Waals surface area contributed by atoms with Crippen LogP contribution >= 0.6 is 0 Å². The number of amides is 1. The summed E-state index contributed by atoms with van der Waals surface area (Å²) in [5.74, 6) is -0.304. The number of aryl methyl sites for hydroxylation is 2. The van der Waals surface area contributed by atoms with Crippen LogP contribution in [0.3, 0.4) is 0 Å². The van der Waals surface area contributed by atoms with Crippen molar-refractivity contribution in [3.8, 4) is 5.69 Å². The zero-order chi connectivity index (χ0) is 18.8. The molecule has 1 aromatic carbocycles. The van der Waals surface area contributed by atoms with Gasteiger partial charge in [0.15, 0.2) is 5.69 Å². The van der Waals surface area contributed by atoms with Crippen molar-refractivity contribution in [3.05, 3.63) is 69.8 Å². The number of nitro groups is 1. The van der Waals surface area contributed by atoms with Crippen LogP contribution in [-0.4, -0.2) is 30.4 Å². The molecule has 0 fully saturated rings. The zero-order valence-corrected chi connectivity index (χ0v) is 14.6. The summed E-state index contributed by atoms with van der Waals surface area (Å²) in [5, 5.41) is 22.1. The number of carbonyl (C=O) groups excluding carboxylic acids is 1. The molecule has 2 aromatic heterocycles. The molecule has 0 spiro atoms. The van der Waals surface area contributed by atoms with Gasteiger partial charge >= 0.3 is 0 Å². The van der Waals surface area contributed by atoms with E-state index in [1.54, 1.807) is 29.1 Å². The molecule has 3 aromatic rings. The number of hydrogen-bond acceptors (Lipinski definition) is 5. The lowest BCUT2D eigenvalue weighted by atomic mass is 10.1. The molecule has 0 radical (unpaired) electrons. The fourth-order valence-electron chi connectivity index (χ4n) is 2.71. The molecule has 0 saturated carbocycles. The van der Waals surface area contributed by atoms with Gasteiger partial charge in [-0.1, -0.05) is 0 Å². The summed E-state index contributed by atoms with van der Waals surface area (Å²) in [6, 6.07) is 7.33. The van der Waals surface area contributed by atoms with Crippen LogP contribution in [0.4, 0.5) is 5.69 Å². The first kappa shape index (κ1) is 17.3. The second-order valence-electron chi connectivity index (χ2n) is 5.96. The minimum absolute atomic E-state index is 0.000428. The smallest absolute Gasteiger partial charge is 0.272 e. The number of nitrogens with zero attached hydrogens (tertiary/aromatic N) is 5. The highest BCUT2D eigenvalue weighted by atomic mass is 16.6. The number of rotatable bonds is 5. The first-order chi connectivity index (χ1) is 12.3. The van der Waals surface area contributed by atoms with Gasteiger partial charge in [0.25, 0.3) is 11.6 Å². The second-order valence-corrected chi connectivity index (χ2v) is 5.96. The molecule has 26 heavy (non-hydrogen) atoms. The van der Waals surface area contributed by atoms with Crippen LogP contribution in [0.5, 0.6) is 0 Å². The van der Waals surface area contributed by atoms with Gasteiger partial charge in [0.05, 0.1) is 22.3 Å². The molecule has 0 aliphatic heterocycles. The van der Waals surface area contributed by atoms with Crippen molar-refractivity contribution in [3.63, 3.8) is 0 Å². The Bertz CT molecular complexity index is 957. The molecule has 0 saturated heterocycles. The molecule has 2 heterocycles. The lowest BCUT2D eigenvalue weighted by Gasteiger charge is -2.12. The van der Waals surface area contributed by atoms with Crippen LogP contribution in [0.2, 0.25) is 0 Å². The van der Waals surface area contributed by atoms with Crippen molar-refractivity contribution in [1.82, 2.24) is 24.9 Å². The van der Waals surface area contributed by atoms with Crippen molar-refractivity contribution in [2.75, 3.05) is 0 Å². The first-order valence-corrected chi connectivity index (χ1v) is 7.96. The standard InChI is InChI=1S/C17H18N6O3/c1-11(15-10-21(3)19-12(15)2)18-17(24)16-8-9-22(20-16)13-4-6-14(7-5-13)23(25)26/h4-11H,1-3H3,(H,18,24)/t11-/m0/s1. The molecule has 0 bridgehead atoms. The van der Waals surface area contributed by atoms with Crippen molar-refractivity contribution >= 4 is 11.6 Å². The Morgan fingerprint density at radius 1 is 1.23 bits per heavy atom. The fraction of sp³-hybridized carbons (Fsp3) is 0.235. The van der Waals surface area contributed by atoms with Crippen LogP contribution in [0.15, 0.2) is 42.7 Å². The molecule has 3 rings (SSSR count). The topological polar surface area (TPSA) is 108 Å². The third kappa shape index (κ3) is 3.46. The van der Waals surface area contributed by atoms with E-state index in [9.17, 15) is 14.9 Å². The Balaban J connectivity index is 1.73. The van der Waals surface area contributed by atoms with Crippen LogP contribution in [0, 0.1) is 17.0 Å². The van der Waals surface area contributed by atoms with E-state index in [1.807, 2.05) is 27.1 Å². The summed E-state index contributed by atoms with van der Waals surface area (Å²) in [4.78, 5) is 22.7. The van der Waals surface area contributed by atoms with Crippen molar-refractivity contribution in [2.45, 2.75) is 19.9 Å². The average molecular weight is 354 g/mol. The molecule has 1 N–H and O–H groups in total. The monoisotopic (exact) mass is 354 g/mol. The number of nitro benzene ring substituents is 1. The molecule has 1 amide bonds. The quantitative estimate of drug-likeness (QED) is 0.559. The van der Waals surface area contributed by atoms with E-state index < -0.39 is 4.92 Å². The maximum absolute atomic E-state index is 12.4. The molecule has 134 valence electrons. The highest BCUT2D eigenvalue weighted by Gasteiger charge is 2.17. The SMILES string of the molecule is Cc1nn(C)cc1[C@H](C)NC(=O)c1ccn(-c2ccc([N+](=O)[O-])cc2)n1. The van der Waals surface area contributed by atoms with Gasteiger partial charge in [-0.2, -0.15) is 10.2 Å². The van der Waals surface area contributed by atoms with E-state index in [0.717, 1.165) is 11.3 Å². The molecule has 9 nitrogen and oxygen atoms in total. The van der Waals surface area contributed by atoms with Gasteiger partial charge in [0, 0.05) is 37.1 Å². The third-order valence-electron chi connectivity index (χ3n) is 4.01. The van der Waals surface area contributed by atoms with E-state index >= 15 is 0 Å². The summed E-state index contributed by atoms with van der Waals surface area (Å²) in [6.07, 6.45) is 3.51. The lowest BCUT2D eigenvalue weighted by Crippen LogP contribution is -2.27. The predicted octanol–water partition coefficient (Wildman–Crippen LogP) is 2.31. The van der Waals surface area contributed by atoms with E-state index in [4.69, 9.17) is 0 Å². The number of carbonyl (C=O) groups is 1. The van der Waals surface area contributed by atoms with Gasteiger partial charge < -0.3 is 5.32 Å². The largest absolute Gasteiger partial charge is 0.344 e. The molecule has 0 aliphatic rings. The summed E-state index contributed by atoms with van der Waals surface area (Å²) < 4.78 is 3.20.